The van der Waals surface area contributed by atoms with Crippen molar-refractivity contribution in [2.45, 2.75) is 25.5 Å². The second-order valence-corrected chi connectivity index (χ2v) is 6.33. The van der Waals surface area contributed by atoms with E-state index in [4.69, 9.17) is 12.2 Å². The Morgan fingerprint density at radius 2 is 2.21 bits per heavy atom. The lowest BCUT2D eigenvalue weighted by Crippen LogP contribution is -2.27. The van der Waals surface area contributed by atoms with Crippen molar-refractivity contribution in [2.24, 2.45) is 0 Å². The maximum atomic E-state index is 11.9. The van der Waals surface area contributed by atoms with Crippen LogP contribution in [0.15, 0.2) is 18.2 Å². The molecule has 1 aromatic rings. The van der Waals surface area contributed by atoms with E-state index in [0.29, 0.717) is 4.32 Å². The Labute approximate surface area is 121 Å². The van der Waals surface area contributed by atoms with E-state index in [1.54, 1.807) is 0 Å². The van der Waals surface area contributed by atoms with Crippen LogP contribution in [0.1, 0.15) is 17.5 Å². The maximum absolute atomic E-state index is 11.9. The van der Waals surface area contributed by atoms with Crippen LogP contribution >= 0.6 is 24.0 Å². The van der Waals surface area contributed by atoms with Crippen molar-refractivity contribution in [1.29, 1.82) is 0 Å². The molecule has 1 saturated heterocycles. The van der Waals surface area contributed by atoms with Gasteiger partial charge in [-0.2, -0.15) is 0 Å². The third-order valence-electron chi connectivity index (χ3n) is 2.79. The molecular formula is C13H14N2O2S2. The van der Waals surface area contributed by atoms with Gasteiger partial charge in [-0.1, -0.05) is 41.7 Å². The van der Waals surface area contributed by atoms with Gasteiger partial charge in [-0.05, 0) is 25.5 Å². The molecule has 1 aromatic carbocycles. The van der Waals surface area contributed by atoms with Gasteiger partial charge < -0.3 is 10.6 Å². The van der Waals surface area contributed by atoms with Gasteiger partial charge in [-0.3, -0.25) is 9.59 Å². The van der Waals surface area contributed by atoms with Gasteiger partial charge in [0.2, 0.25) is 11.8 Å². The highest BCUT2D eigenvalue weighted by atomic mass is 32.2. The average Bonchev–Trinajstić information content (AvgIpc) is 2.61. The lowest BCUT2D eigenvalue weighted by molar-refractivity contribution is -0.122. The fourth-order valence-corrected chi connectivity index (χ4v) is 3.12. The minimum Gasteiger partial charge on any atom is -0.326 e. The zero-order chi connectivity index (χ0) is 14.0. The molecule has 2 N–H and O–H groups in total. The smallest absolute Gasteiger partial charge is 0.239 e. The number of hydrogen-bond acceptors (Lipinski definition) is 4. The Morgan fingerprint density at radius 3 is 2.79 bits per heavy atom. The molecular weight excluding hydrogens is 280 g/mol. The minimum absolute atomic E-state index is 0.129. The SMILES string of the molecule is Cc1ccc(NC(=O)CC2SC(=S)NC2=O)c(C)c1. The van der Waals surface area contributed by atoms with E-state index in [-0.39, 0.29) is 18.2 Å². The fraction of sp³-hybridized carbons (Fsp3) is 0.308. The first kappa shape index (κ1) is 14.0. The monoisotopic (exact) mass is 294 g/mol. The summed E-state index contributed by atoms with van der Waals surface area (Å²) in [6, 6.07) is 5.81. The standard InChI is InChI=1S/C13H14N2O2S2/c1-7-3-4-9(8(2)5-7)14-11(16)6-10-12(17)15-13(18)19-10/h3-5,10H,6H2,1-2H3,(H,14,16)(H,15,17,18). The number of anilines is 1. The minimum atomic E-state index is -0.418. The highest BCUT2D eigenvalue weighted by Crippen LogP contribution is 2.23. The summed E-state index contributed by atoms with van der Waals surface area (Å²) >= 11 is 6.12. The van der Waals surface area contributed by atoms with Crippen molar-refractivity contribution in [3.8, 4) is 0 Å². The van der Waals surface area contributed by atoms with Crippen LogP contribution in [0.2, 0.25) is 0 Å². The van der Waals surface area contributed by atoms with Crippen molar-refractivity contribution in [1.82, 2.24) is 5.32 Å². The summed E-state index contributed by atoms with van der Waals surface area (Å²) in [5, 5.41) is 4.94. The van der Waals surface area contributed by atoms with Gasteiger partial charge in [0.25, 0.3) is 0 Å². The van der Waals surface area contributed by atoms with Crippen molar-refractivity contribution in [3.63, 3.8) is 0 Å². The molecule has 1 unspecified atom stereocenters. The van der Waals surface area contributed by atoms with Gasteiger partial charge in [-0.25, -0.2) is 0 Å². The largest absolute Gasteiger partial charge is 0.326 e. The van der Waals surface area contributed by atoms with Gasteiger partial charge in [0.15, 0.2) is 0 Å². The molecule has 1 aliphatic rings. The lowest BCUT2D eigenvalue weighted by atomic mass is 10.1. The summed E-state index contributed by atoms with van der Waals surface area (Å²) in [5.74, 6) is -0.366. The van der Waals surface area contributed by atoms with E-state index in [0.717, 1.165) is 16.8 Å². The predicted octanol–water partition coefficient (Wildman–Crippen LogP) is 2.15. The molecule has 0 bridgehead atoms. The number of thioether (sulfide) groups is 1. The molecule has 4 nitrogen and oxygen atoms in total. The fourth-order valence-electron chi connectivity index (χ4n) is 1.85. The molecule has 100 valence electrons. The molecule has 0 aromatic heterocycles. The zero-order valence-corrected chi connectivity index (χ0v) is 12.3. The third kappa shape index (κ3) is 3.54. The third-order valence-corrected chi connectivity index (χ3v) is 4.17. The van der Waals surface area contributed by atoms with E-state index >= 15 is 0 Å². The van der Waals surface area contributed by atoms with Gasteiger partial charge in [0.05, 0.1) is 5.25 Å². The first-order valence-corrected chi connectivity index (χ1v) is 7.13. The first-order valence-electron chi connectivity index (χ1n) is 5.84. The molecule has 0 saturated carbocycles. The normalized spacial score (nSPS) is 18.3. The van der Waals surface area contributed by atoms with Gasteiger partial charge in [0.1, 0.15) is 4.32 Å². The highest BCUT2D eigenvalue weighted by Gasteiger charge is 2.30. The Bertz CT molecular complexity index is 558. The van der Waals surface area contributed by atoms with Crippen LogP contribution in [0, 0.1) is 13.8 Å². The van der Waals surface area contributed by atoms with Crippen molar-refractivity contribution in [3.05, 3.63) is 29.3 Å². The molecule has 1 aliphatic heterocycles. The van der Waals surface area contributed by atoms with Crippen molar-refractivity contribution >= 4 is 45.8 Å². The zero-order valence-electron chi connectivity index (χ0n) is 10.6. The molecule has 1 atom stereocenters. The summed E-state index contributed by atoms with van der Waals surface area (Å²) < 4.78 is 0.439. The summed E-state index contributed by atoms with van der Waals surface area (Å²) in [7, 11) is 0. The van der Waals surface area contributed by atoms with Crippen LogP contribution in [-0.2, 0) is 9.59 Å². The van der Waals surface area contributed by atoms with Crippen LogP contribution in [0.4, 0.5) is 5.69 Å². The molecule has 6 heteroatoms. The van der Waals surface area contributed by atoms with Gasteiger partial charge in [-0.15, -0.1) is 0 Å². The second kappa shape index (κ2) is 5.71. The number of thiocarbonyl (C=S) groups is 1. The van der Waals surface area contributed by atoms with E-state index in [1.165, 1.54) is 11.8 Å². The number of carbonyl (C=O) groups excluding carboxylic acids is 2. The molecule has 1 fully saturated rings. The van der Waals surface area contributed by atoms with Crippen LogP contribution in [0.5, 0.6) is 0 Å². The first-order chi connectivity index (χ1) is 8.95. The molecule has 19 heavy (non-hydrogen) atoms. The number of rotatable bonds is 3. The average molecular weight is 294 g/mol. The summed E-state index contributed by atoms with van der Waals surface area (Å²) in [6.45, 7) is 3.94. The Morgan fingerprint density at radius 1 is 1.47 bits per heavy atom. The lowest BCUT2D eigenvalue weighted by Gasteiger charge is -2.10. The number of aryl methyl sites for hydroxylation is 2. The topological polar surface area (TPSA) is 58.2 Å². The summed E-state index contributed by atoms with van der Waals surface area (Å²) in [5.41, 5.74) is 2.93. The van der Waals surface area contributed by atoms with Gasteiger partial charge in [0, 0.05) is 12.1 Å². The van der Waals surface area contributed by atoms with Gasteiger partial charge >= 0.3 is 0 Å². The predicted molar refractivity (Wildman–Crippen MR) is 81.3 cm³/mol. The number of hydrogen-bond donors (Lipinski definition) is 2. The molecule has 2 rings (SSSR count). The summed E-state index contributed by atoms with van der Waals surface area (Å²) in [4.78, 5) is 23.4. The van der Waals surface area contributed by atoms with E-state index in [2.05, 4.69) is 10.6 Å². The summed E-state index contributed by atoms with van der Waals surface area (Å²) in [6.07, 6.45) is 0.129. The number of benzene rings is 1. The second-order valence-electron chi connectivity index (χ2n) is 4.45. The number of carbonyl (C=O) groups is 2. The Hall–Kier alpha value is -1.40. The Balaban J connectivity index is 1.98. The molecule has 0 spiro atoms. The molecule has 2 amide bonds. The van der Waals surface area contributed by atoms with Crippen LogP contribution in [0.25, 0.3) is 0 Å². The van der Waals surface area contributed by atoms with E-state index in [1.807, 2.05) is 32.0 Å². The highest BCUT2D eigenvalue weighted by molar-refractivity contribution is 8.24. The number of nitrogens with one attached hydrogen (secondary N) is 2. The van der Waals surface area contributed by atoms with E-state index in [9.17, 15) is 9.59 Å². The Kier molecular flexibility index (Phi) is 4.21. The molecule has 0 radical (unpaired) electrons. The van der Waals surface area contributed by atoms with Crippen LogP contribution < -0.4 is 10.6 Å². The van der Waals surface area contributed by atoms with Crippen LogP contribution in [-0.4, -0.2) is 21.4 Å². The molecule has 1 heterocycles. The van der Waals surface area contributed by atoms with Crippen LogP contribution in [0.3, 0.4) is 0 Å². The number of amides is 2. The van der Waals surface area contributed by atoms with Crippen molar-refractivity contribution in [2.75, 3.05) is 5.32 Å². The maximum Gasteiger partial charge on any atom is 0.239 e. The van der Waals surface area contributed by atoms with E-state index < -0.39 is 5.25 Å². The molecule has 0 aliphatic carbocycles. The van der Waals surface area contributed by atoms with Crippen molar-refractivity contribution < 1.29 is 9.59 Å². The quantitative estimate of drug-likeness (QED) is 0.839.